The lowest BCUT2D eigenvalue weighted by Gasteiger charge is -2.19. The number of hydrogen-bond acceptors (Lipinski definition) is 4. The Morgan fingerprint density at radius 3 is 2.43 bits per heavy atom. The molecule has 21 heavy (non-hydrogen) atoms. The number of nitrogens with two attached hydrogens (primary N) is 1. The van der Waals surface area contributed by atoms with E-state index in [1.54, 1.807) is 0 Å². The number of nitrogen functional groups attached to an aromatic ring is 1. The fourth-order valence-electron chi connectivity index (χ4n) is 2.25. The third-order valence-corrected chi connectivity index (χ3v) is 4.41. The van der Waals surface area contributed by atoms with Crippen LogP contribution in [0.25, 0.3) is 21.6 Å². The molecule has 2 heterocycles. The molecule has 0 bridgehead atoms. The average molecular weight is 299 g/mol. The Kier molecular flexibility index (Phi) is 3.10. The van der Waals surface area contributed by atoms with Crippen molar-refractivity contribution in [2.75, 3.05) is 5.84 Å². The number of hydrogen-bond donors (Lipinski definition) is 1. The van der Waals surface area contributed by atoms with Crippen LogP contribution < -0.4 is 11.4 Å². The summed E-state index contributed by atoms with van der Waals surface area (Å²) in [5.74, 6) is 6.40. The highest BCUT2D eigenvalue weighted by Gasteiger charge is 2.15. The standard InChI is InChI=1S/C16H17N3OS/c1-16(2,3)11-6-4-10(5-7-11)14-18-12-8-9-21-13(12)15(20)19(14)17/h4-9H,17H2,1-3H3. The monoisotopic (exact) mass is 299 g/mol. The quantitative estimate of drug-likeness (QED) is 0.702. The van der Waals surface area contributed by atoms with Crippen LogP contribution in [-0.4, -0.2) is 9.66 Å². The normalized spacial score (nSPS) is 12.0. The highest BCUT2D eigenvalue weighted by molar-refractivity contribution is 7.17. The molecule has 0 saturated carbocycles. The number of fused-ring (bicyclic) bond motifs is 1. The second kappa shape index (κ2) is 4.70. The van der Waals surface area contributed by atoms with Gasteiger partial charge in [-0.1, -0.05) is 45.0 Å². The van der Waals surface area contributed by atoms with Gasteiger partial charge in [0.1, 0.15) is 4.70 Å². The van der Waals surface area contributed by atoms with Crippen LogP contribution in [0.1, 0.15) is 26.3 Å². The zero-order valence-corrected chi connectivity index (χ0v) is 13.1. The molecule has 0 fully saturated rings. The average Bonchev–Trinajstić information content (AvgIpc) is 2.90. The van der Waals surface area contributed by atoms with Crippen molar-refractivity contribution in [3.63, 3.8) is 0 Å². The topological polar surface area (TPSA) is 60.9 Å². The Labute approximate surface area is 126 Å². The summed E-state index contributed by atoms with van der Waals surface area (Å²) >= 11 is 1.36. The van der Waals surface area contributed by atoms with E-state index in [2.05, 4.69) is 37.9 Å². The van der Waals surface area contributed by atoms with E-state index in [0.717, 1.165) is 10.2 Å². The number of nitrogens with zero attached hydrogens (tertiary/aromatic N) is 2. The van der Waals surface area contributed by atoms with E-state index in [-0.39, 0.29) is 11.0 Å². The minimum Gasteiger partial charge on any atom is -0.334 e. The molecule has 0 aliphatic heterocycles. The zero-order valence-electron chi connectivity index (χ0n) is 12.3. The van der Waals surface area contributed by atoms with Gasteiger partial charge in [0, 0.05) is 5.56 Å². The maximum atomic E-state index is 12.2. The van der Waals surface area contributed by atoms with Gasteiger partial charge in [-0.3, -0.25) is 4.79 Å². The van der Waals surface area contributed by atoms with Crippen LogP contribution in [0.2, 0.25) is 0 Å². The Morgan fingerprint density at radius 2 is 1.81 bits per heavy atom. The smallest absolute Gasteiger partial charge is 0.290 e. The highest BCUT2D eigenvalue weighted by atomic mass is 32.1. The molecule has 5 heteroatoms. The molecule has 0 radical (unpaired) electrons. The lowest BCUT2D eigenvalue weighted by molar-refractivity contribution is 0.590. The lowest BCUT2D eigenvalue weighted by atomic mass is 9.87. The van der Waals surface area contributed by atoms with Crippen molar-refractivity contribution in [1.29, 1.82) is 0 Å². The summed E-state index contributed by atoms with van der Waals surface area (Å²) in [6, 6.07) is 9.88. The Bertz CT molecular complexity index is 854. The number of thiophene rings is 1. The number of rotatable bonds is 1. The first kappa shape index (κ1) is 13.8. The van der Waals surface area contributed by atoms with Gasteiger partial charge in [0.25, 0.3) is 5.56 Å². The summed E-state index contributed by atoms with van der Waals surface area (Å²) in [7, 11) is 0. The molecule has 0 aliphatic rings. The van der Waals surface area contributed by atoms with Crippen LogP contribution in [-0.2, 0) is 5.41 Å². The molecular weight excluding hydrogens is 282 g/mol. The van der Waals surface area contributed by atoms with Crippen LogP contribution in [0, 0.1) is 0 Å². The van der Waals surface area contributed by atoms with Crippen LogP contribution in [0.3, 0.4) is 0 Å². The van der Waals surface area contributed by atoms with Crippen LogP contribution >= 0.6 is 11.3 Å². The largest absolute Gasteiger partial charge is 0.334 e. The second-order valence-corrected chi connectivity index (χ2v) is 6.99. The van der Waals surface area contributed by atoms with Gasteiger partial charge in [0.15, 0.2) is 5.82 Å². The van der Waals surface area contributed by atoms with Crippen molar-refractivity contribution >= 4 is 21.6 Å². The summed E-state index contributed by atoms with van der Waals surface area (Å²) < 4.78 is 1.72. The Morgan fingerprint density at radius 1 is 1.14 bits per heavy atom. The fourth-order valence-corrected chi connectivity index (χ4v) is 3.01. The van der Waals surface area contributed by atoms with Crippen molar-refractivity contribution in [3.05, 3.63) is 51.6 Å². The predicted octanol–water partition coefficient (Wildman–Crippen LogP) is 3.14. The SMILES string of the molecule is CC(C)(C)c1ccc(-c2nc3ccsc3c(=O)n2N)cc1. The predicted molar refractivity (Wildman–Crippen MR) is 88.2 cm³/mol. The summed E-state index contributed by atoms with van der Waals surface area (Å²) in [5, 5.41) is 1.85. The third kappa shape index (κ3) is 2.34. The van der Waals surface area contributed by atoms with Crippen molar-refractivity contribution in [2.45, 2.75) is 26.2 Å². The van der Waals surface area contributed by atoms with Gasteiger partial charge in [0.05, 0.1) is 5.52 Å². The maximum Gasteiger partial charge on any atom is 0.290 e. The molecule has 108 valence electrons. The van der Waals surface area contributed by atoms with Gasteiger partial charge >= 0.3 is 0 Å². The van der Waals surface area contributed by atoms with Gasteiger partial charge in [-0.2, -0.15) is 0 Å². The third-order valence-electron chi connectivity index (χ3n) is 3.52. The molecule has 0 spiro atoms. The Balaban J connectivity index is 2.16. The van der Waals surface area contributed by atoms with Crippen molar-refractivity contribution in [2.24, 2.45) is 0 Å². The minimum absolute atomic E-state index is 0.0889. The fraction of sp³-hybridized carbons (Fsp3) is 0.250. The molecule has 3 aromatic rings. The number of aromatic nitrogens is 2. The number of benzene rings is 1. The summed E-state index contributed by atoms with van der Waals surface area (Å²) in [6.45, 7) is 6.49. The van der Waals surface area contributed by atoms with Gasteiger partial charge in [-0.15, -0.1) is 11.3 Å². The van der Waals surface area contributed by atoms with E-state index >= 15 is 0 Å². The van der Waals surface area contributed by atoms with Crippen LogP contribution in [0.4, 0.5) is 0 Å². The molecule has 0 amide bonds. The van der Waals surface area contributed by atoms with E-state index in [1.807, 2.05) is 23.6 Å². The molecule has 0 unspecified atom stereocenters. The molecular formula is C16H17N3OS. The van der Waals surface area contributed by atoms with Crippen molar-refractivity contribution in [1.82, 2.24) is 9.66 Å². The van der Waals surface area contributed by atoms with E-state index in [0.29, 0.717) is 16.0 Å². The molecule has 4 nitrogen and oxygen atoms in total. The summed E-state index contributed by atoms with van der Waals surface area (Å²) in [4.78, 5) is 16.7. The zero-order chi connectivity index (χ0) is 15.2. The first-order chi connectivity index (χ1) is 9.88. The molecule has 0 atom stereocenters. The van der Waals surface area contributed by atoms with Crippen molar-refractivity contribution in [3.8, 4) is 11.4 Å². The highest BCUT2D eigenvalue weighted by Crippen LogP contribution is 2.25. The van der Waals surface area contributed by atoms with Crippen LogP contribution in [0.5, 0.6) is 0 Å². The van der Waals surface area contributed by atoms with E-state index in [9.17, 15) is 4.79 Å². The first-order valence-electron chi connectivity index (χ1n) is 6.74. The Hall–Kier alpha value is -2.14. The van der Waals surface area contributed by atoms with Gasteiger partial charge in [-0.25, -0.2) is 9.66 Å². The van der Waals surface area contributed by atoms with E-state index in [1.165, 1.54) is 16.9 Å². The molecule has 2 N–H and O–H groups in total. The molecule has 0 saturated heterocycles. The maximum absolute atomic E-state index is 12.2. The van der Waals surface area contributed by atoms with E-state index < -0.39 is 0 Å². The molecule has 1 aromatic carbocycles. The molecule has 2 aromatic heterocycles. The summed E-state index contributed by atoms with van der Waals surface area (Å²) in [6.07, 6.45) is 0. The summed E-state index contributed by atoms with van der Waals surface area (Å²) in [5.41, 5.74) is 2.65. The van der Waals surface area contributed by atoms with Gasteiger partial charge < -0.3 is 5.84 Å². The minimum atomic E-state index is -0.204. The first-order valence-corrected chi connectivity index (χ1v) is 7.62. The van der Waals surface area contributed by atoms with Gasteiger partial charge in [-0.05, 0) is 22.4 Å². The lowest BCUT2D eigenvalue weighted by Crippen LogP contribution is -2.29. The van der Waals surface area contributed by atoms with Crippen LogP contribution in [0.15, 0.2) is 40.5 Å². The molecule has 0 aliphatic carbocycles. The second-order valence-electron chi connectivity index (χ2n) is 6.07. The van der Waals surface area contributed by atoms with Crippen molar-refractivity contribution < 1.29 is 0 Å². The van der Waals surface area contributed by atoms with E-state index in [4.69, 9.17) is 5.84 Å². The molecule has 3 rings (SSSR count). The van der Waals surface area contributed by atoms with Gasteiger partial charge in [0.2, 0.25) is 0 Å².